The Labute approximate surface area is 114 Å². The summed E-state index contributed by atoms with van der Waals surface area (Å²) < 4.78 is 1.24. The van der Waals surface area contributed by atoms with Crippen LogP contribution in [0.5, 0.6) is 0 Å². The van der Waals surface area contributed by atoms with Gasteiger partial charge in [0.05, 0.1) is 11.8 Å². The maximum absolute atomic E-state index is 4.59. The SMILES string of the molecule is CC1Cc2c(Br)cccc2C(C2=NCCN2)S1. The minimum Gasteiger partial charge on any atom is -0.371 e. The smallest absolute Gasteiger partial charge is 0.114 e. The summed E-state index contributed by atoms with van der Waals surface area (Å²) in [5, 5.41) is 4.47. The van der Waals surface area contributed by atoms with Crippen molar-refractivity contribution in [1.82, 2.24) is 5.32 Å². The van der Waals surface area contributed by atoms with Gasteiger partial charge in [-0.2, -0.15) is 0 Å². The molecule has 3 rings (SSSR count). The summed E-state index contributed by atoms with van der Waals surface area (Å²) in [6.07, 6.45) is 1.14. The van der Waals surface area contributed by atoms with Crippen molar-refractivity contribution in [3.05, 3.63) is 33.8 Å². The third-order valence-corrected chi connectivity index (χ3v) is 5.37. The summed E-state index contributed by atoms with van der Waals surface area (Å²) in [5.74, 6) is 1.17. The van der Waals surface area contributed by atoms with Crippen LogP contribution < -0.4 is 5.32 Å². The van der Waals surface area contributed by atoms with Crippen molar-refractivity contribution in [2.24, 2.45) is 4.99 Å². The molecule has 17 heavy (non-hydrogen) atoms. The third-order valence-electron chi connectivity index (χ3n) is 3.25. The molecule has 0 bridgehead atoms. The highest BCUT2D eigenvalue weighted by Crippen LogP contribution is 2.43. The summed E-state index contributed by atoms with van der Waals surface area (Å²) in [7, 11) is 0. The van der Waals surface area contributed by atoms with Crippen molar-refractivity contribution in [2.45, 2.75) is 23.8 Å². The molecule has 1 aromatic carbocycles. The molecule has 90 valence electrons. The predicted molar refractivity (Wildman–Crippen MR) is 77.9 cm³/mol. The third kappa shape index (κ3) is 2.13. The Morgan fingerprint density at radius 1 is 1.47 bits per heavy atom. The molecule has 0 spiro atoms. The Hall–Kier alpha value is -0.480. The molecule has 0 radical (unpaired) electrons. The Balaban J connectivity index is 2.04. The Bertz CT molecular complexity index is 472. The number of hydrogen-bond acceptors (Lipinski definition) is 3. The lowest BCUT2D eigenvalue weighted by molar-refractivity contribution is 0.884. The van der Waals surface area contributed by atoms with Crippen molar-refractivity contribution in [3.8, 4) is 0 Å². The molecule has 2 unspecified atom stereocenters. The van der Waals surface area contributed by atoms with Crippen LogP contribution in [0.15, 0.2) is 27.7 Å². The number of hydrogen-bond donors (Lipinski definition) is 1. The zero-order chi connectivity index (χ0) is 11.8. The van der Waals surface area contributed by atoms with E-state index in [1.807, 2.05) is 11.8 Å². The topological polar surface area (TPSA) is 24.4 Å². The van der Waals surface area contributed by atoms with Crippen LogP contribution in [0.3, 0.4) is 0 Å². The van der Waals surface area contributed by atoms with E-state index in [1.54, 1.807) is 0 Å². The molecule has 0 aromatic heterocycles. The number of rotatable bonds is 1. The molecule has 2 aliphatic heterocycles. The highest BCUT2D eigenvalue weighted by molar-refractivity contribution is 9.10. The van der Waals surface area contributed by atoms with E-state index >= 15 is 0 Å². The van der Waals surface area contributed by atoms with Gasteiger partial charge in [0.15, 0.2) is 0 Å². The standard InChI is InChI=1S/C13H15BrN2S/c1-8-7-10-9(3-2-4-11(10)14)12(17-8)13-15-5-6-16-13/h2-4,8,12H,5-7H2,1H3,(H,15,16). The first kappa shape index (κ1) is 11.6. The van der Waals surface area contributed by atoms with E-state index in [0.29, 0.717) is 10.5 Å². The van der Waals surface area contributed by atoms with Crippen LogP contribution in [-0.2, 0) is 6.42 Å². The predicted octanol–water partition coefficient (Wildman–Crippen LogP) is 3.17. The van der Waals surface area contributed by atoms with Crippen LogP contribution in [0.4, 0.5) is 0 Å². The molecule has 1 aromatic rings. The van der Waals surface area contributed by atoms with Gasteiger partial charge in [-0.05, 0) is 23.6 Å². The number of nitrogens with zero attached hydrogens (tertiary/aromatic N) is 1. The normalized spacial score (nSPS) is 27.3. The lowest BCUT2D eigenvalue weighted by Gasteiger charge is -2.30. The van der Waals surface area contributed by atoms with Gasteiger partial charge in [0.1, 0.15) is 5.84 Å². The van der Waals surface area contributed by atoms with Gasteiger partial charge in [-0.15, -0.1) is 11.8 Å². The zero-order valence-electron chi connectivity index (χ0n) is 9.74. The molecular weight excluding hydrogens is 296 g/mol. The molecule has 0 fully saturated rings. The Kier molecular flexibility index (Phi) is 3.17. The van der Waals surface area contributed by atoms with Crippen LogP contribution in [0.25, 0.3) is 0 Å². The average Bonchev–Trinajstić information content (AvgIpc) is 2.83. The van der Waals surface area contributed by atoms with E-state index in [1.165, 1.54) is 21.4 Å². The van der Waals surface area contributed by atoms with Crippen LogP contribution in [0.1, 0.15) is 23.3 Å². The number of fused-ring (bicyclic) bond motifs is 1. The summed E-state index contributed by atoms with van der Waals surface area (Å²) in [6.45, 7) is 4.21. The molecule has 0 saturated heterocycles. The van der Waals surface area contributed by atoms with Crippen molar-refractivity contribution >= 4 is 33.5 Å². The fourth-order valence-corrected chi connectivity index (χ4v) is 4.41. The van der Waals surface area contributed by atoms with E-state index in [2.05, 4.69) is 51.4 Å². The highest BCUT2D eigenvalue weighted by atomic mass is 79.9. The molecule has 4 heteroatoms. The van der Waals surface area contributed by atoms with Crippen molar-refractivity contribution < 1.29 is 0 Å². The maximum atomic E-state index is 4.59. The number of nitrogens with one attached hydrogen (secondary N) is 1. The number of thioether (sulfide) groups is 1. The first-order valence-electron chi connectivity index (χ1n) is 5.96. The van der Waals surface area contributed by atoms with Gasteiger partial charge >= 0.3 is 0 Å². The average molecular weight is 311 g/mol. The Morgan fingerprint density at radius 3 is 3.12 bits per heavy atom. The number of amidine groups is 1. The largest absolute Gasteiger partial charge is 0.371 e. The molecule has 2 aliphatic rings. The van der Waals surface area contributed by atoms with E-state index in [0.717, 1.165) is 19.5 Å². The van der Waals surface area contributed by atoms with Crippen LogP contribution in [0, 0.1) is 0 Å². The van der Waals surface area contributed by atoms with Crippen molar-refractivity contribution in [1.29, 1.82) is 0 Å². The van der Waals surface area contributed by atoms with Gasteiger partial charge in [-0.25, -0.2) is 0 Å². The molecule has 2 heterocycles. The highest BCUT2D eigenvalue weighted by Gasteiger charge is 2.30. The number of aliphatic imine (C=N–C) groups is 1. The van der Waals surface area contributed by atoms with Crippen molar-refractivity contribution in [3.63, 3.8) is 0 Å². The summed E-state index contributed by atoms with van der Waals surface area (Å²) in [4.78, 5) is 4.59. The van der Waals surface area contributed by atoms with Gasteiger partial charge in [0, 0.05) is 16.3 Å². The molecule has 0 aliphatic carbocycles. The zero-order valence-corrected chi connectivity index (χ0v) is 12.1. The van der Waals surface area contributed by atoms with Crippen LogP contribution >= 0.6 is 27.7 Å². The monoisotopic (exact) mass is 310 g/mol. The lowest BCUT2D eigenvalue weighted by atomic mass is 9.99. The second kappa shape index (κ2) is 4.65. The Morgan fingerprint density at radius 2 is 2.35 bits per heavy atom. The minimum atomic E-state index is 0.397. The molecule has 0 amide bonds. The van der Waals surface area contributed by atoms with Gasteiger partial charge in [-0.3, -0.25) is 4.99 Å². The van der Waals surface area contributed by atoms with Crippen molar-refractivity contribution in [2.75, 3.05) is 13.1 Å². The number of halogens is 1. The first-order valence-corrected chi connectivity index (χ1v) is 7.70. The summed E-state index contributed by atoms with van der Waals surface area (Å²) in [5.41, 5.74) is 2.88. The van der Waals surface area contributed by atoms with E-state index in [4.69, 9.17) is 0 Å². The first-order chi connectivity index (χ1) is 8.25. The fraction of sp³-hybridized carbons (Fsp3) is 0.462. The fourth-order valence-electron chi connectivity index (χ4n) is 2.48. The van der Waals surface area contributed by atoms with Gasteiger partial charge in [0.2, 0.25) is 0 Å². The molecule has 1 N–H and O–H groups in total. The minimum absolute atomic E-state index is 0.397. The van der Waals surface area contributed by atoms with Crippen LogP contribution in [-0.4, -0.2) is 24.2 Å². The summed E-state index contributed by atoms with van der Waals surface area (Å²) >= 11 is 5.70. The quantitative estimate of drug-likeness (QED) is 0.861. The molecule has 0 saturated carbocycles. The second-order valence-electron chi connectivity index (χ2n) is 4.53. The molecular formula is C13H15BrN2S. The van der Waals surface area contributed by atoms with Crippen LogP contribution in [0.2, 0.25) is 0 Å². The number of benzene rings is 1. The van der Waals surface area contributed by atoms with E-state index in [-0.39, 0.29) is 0 Å². The maximum Gasteiger partial charge on any atom is 0.114 e. The van der Waals surface area contributed by atoms with E-state index in [9.17, 15) is 0 Å². The molecule has 2 atom stereocenters. The lowest BCUT2D eigenvalue weighted by Crippen LogP contribution is -2.28. The van der Waals surface area contributed by atoms with Gasteiger partial charge in [0.25, 0.3) is 0 Å². The van der Waals surface area contributed by atoms with E-state index < -0.39 is 0 Å². The van der Waals surface area contributed by atoms with Gasteiger partial charge < -0.3 is 5.32 Å². The summed E-state index contributed by atoms with van der Waals surface area (Å²) in [6, 6.07) is 6.51. The molecule has 2 nitrogen and oxygen atoms in total. The second-order valence-corrected chi connectivity index (χ2v) is 6.93. The van der Waals surface area contributed by atoms with Gasteiger partial charge in [-0.1, -0.05) is 35.0 Å².